The van der Waals surface area contributed by atoms with E-state index in [4.69, 9.17) is 0 Å². The van der Waals surface area contributed by atoms with Crippen LogP contribution in [0.2, 0.25) is 0 Å². The van der Waals surface area contributed by atoms with Crippen LogP contribution in [0.5, 0.6) is 0 Å². The lowest BCUT2D eigenvalue weighted by Crippen LogP contribution is -2.45. The molecule has 0 radical (unpaired) electrons. The normalized spacial score (nSPS) is 34.1. The summed E-state index contributed by atoms with van der Waals surface area (Å²) in [7, 11) is 0. The molecule has 0 heteroatoms. The van der Waals surface area contributed by atoms with Crippen LogP contribution in [0.4, 0.5) is 0 Å². The molecule has 0 aliphatic heterocycles. The van der Waals surface area contributed by atoms with E-state index in [9.17, 15) is 0 Å². The molecule has 0 aromatic heterocycles. The van der Waals surface area contributed by atoms with Gasteiger partial charge in [0.1, 0.15) is 0 Å². The number of fused-ring (bicyclic) bond motifs is 1. The largest absolute Gasteiger partial charge is 0.0996 e. The Morgan fingerprint density at radius 1 is 1.00 bits per heavy atom. The lowest BCUT2D eigenvalue weighted by Gasteiger charge is -2.55. The van der Waals surface area contributed by atoms with Crippen molar-refractivity contribution in [1.82, 2.24) is 0 Å². The second-order valence-electron chi connectivity index (χ2n) is 12.8. The first-order valence-corrected chi connectivity index (χ1v) is 13.0. The van der Waals surface area contributed by atoms with Crippen LogP contribution in [0.3, 0.4) is 0 Å². The maximum Gasteiger partial charge on any atom is -0.00803 e. The van der Waals surface area contributed by atoms with E-state index in [0.29, 0.717) is 22.2 Å². The minimum atomic E-state index is 0.441. The third kappa shape index (κ3) is 4.83. The second-order valence-corrected chi connectivity index (χ2v) is 12.8. The molecule has 0 aromatic carbocycles. The fourth-order valence-electron chi connectivity index (χ4n) is 7.89. The molecule has 0 heterocycles. The highest BCUT2D eigenvalue weighted by atomic mass is 14.5. The molecule has 3 rings (SSSR count). The van der Waals surface area contributed by atoms with Crippen molar-refractivity contribution in [3.63, 3.8) is 0 Å². The van der Waals surface area contributed by atoms with Gasteiger partial charge in [-0.1, -0.05) is 76.0 Å². The second kappa shape index (κ2) is 8.99. The first-order valence-electron chi connectivity index (χ1n) is 13.0. The van der Waals surface area contributed by atoms with Gasteiger partial charge in [0.2, 0.25) is 0 Å². The molecular formula is C30H50. The Morgan fingerprint density at radius 3 is 2.40 bits per heavy atom. The molecule has 0 aromatic rings. The van der Waals surface area contributed by atoms with Gasteiger partial charge in [-0.25, -0.2) is 0 Å². The fourth-order valence-corrected chi connectivity index (χ4v) is 7.89. The van der Waals surface area contributed by atoms with E-state index in [1.54, 1.807) is 11.1 Å². The average molecular weight is 411 g/mol. The standard InChI is InChI=1S/C30H50/c1-22(15-17-25-23(2)13-10-19-28(25,4)5)12-9-14-26-24(3)16-18-27-29(6,7)20-11-21-30(26,27)8/h12,25,27H,2,9-11,13-21H2,1,3-8H3/b22-12+/t25-,27+,30-/m1/s1. The molecule has 0 bridgehead atoms. The Hall–Kier alpha value is -0.780. The van der Waals surface area contributed by atoms with Gasteiger partial charge in [0, 0.05) is 0 Å². The molecule has 2 saturated carbocycles. The summed E-state index contributed by atoms with van der Waals surface area (Å²) >= 11 is 0. The van der Waals surface area contributed by atoms with Gasteiger partial charge in [-0.2, -0.15) is 0 Å². The highest BCUT2D eigenvalue weighted by Crippen LogP contribution is 2.60. The molecule has 3 aliphatic carbocycles. The number of hydrogen-bond donors (Lipinski definition) is 0. The smallest absolute Gasteiger partial charge is 0.00803 e. The molecule has 0 amide bonds. The van der Waals surface area contributed by atoms with Crippen LogP contribution < -0.4 is 0 Å². The van der Waals surface area contributed by atoms with Crippen LogP contribution >= 0.6 is 0 Å². The van der Waals surface area contributed by atoms with Crippen molar-refractivity contribution in [3.8, 4) is 0 Å². The minimum absolute atomic E-state index is 0.441. The predicted octanol–water partition coefficient (Wildman–Crippen LogP) is 9.82. The first-order chi connectivity index (χ1) is 14.0. The van der Waals surface area contributed by atoms with Crippen LogP contribution in [0, 0.1) is 28.1 Å². The van der Waals surface area contributed by atoms with Gasteiger partial charge in [-0.15, -0.1) is 0 Å². The molecule has 2 fully saturated rings. The zero-order valence-corrected chi connectivity index (χ0v) is 21.4. The van der Waals surface area contributed by atoms with Crippen molar-refractivity contribution in [2.24, 2.45) is 28.1 Å². The fraction of sp³-hybridized carbons (Fsp3) is 0.800. The first kappa shape index (κ1) is 23.9. The number of allylic oxidation sites excluding steroid dienone is 5. The van der Waals surface area contributed by atoms with E-state index in [2.05, 4.69) is 61.1 Å². The van der Waals surface area contributed by atoms with Gasteiger partial charge in [-0.3, -0.25) is 0 Å². The van der Waals surface area contributed by atoms with Crippen LogP contribution in [0.25, 0.3) is 0 Å². The maximum atomic E-state index is 4.43. The Balaban J connectivity index is 1.60. The third-order valence-electron chi connectivity index (χ3n) is 9.71. The van der Waals surface area contributed by atoms with E-state index in [1.807, 2.05) is 5.57 Å². The highest BCUT2D eigenvalue weighted by molar-refractivity contribution is 5.28. The van der Waals surface area contributed by atoms with Crippen molar-refractivity contribution in [2.45, 2.75) is 126 Å². The molecule has 0 saturated heterocycles. The van der Waals surface area contributed by atoms with Crippen molar-refractivity contribution in [2.75, 3.05) is 0 Å². The van der Waals surface area contributed by atoms with Gasteiger partial charge < -0.3 is 0 Å². The summed E-state index contributed by atoms with van der Waals surface area (Å²) in [6.07, 6.45) is 18.6. The third-order valence-corrected chi connectivity index (χ3v) is 9.71. The van der Waals surface area contributed by atoms with E-state index in [-0.39, 0.29) is 0 Å². The van der Waals surface area contributed by atoms with Gasteiger partial charge in [-0.05, 0) is 113 Å². The van der Waals surface area contributed by atoms with Gasteiger partial charge in [0.15, 0.2) is 0 Å². The Kier molecular flexibility index (Phi) is 7.16. The predicted molar refractivity (Wildman–Crippen MR) is 134 cm³/mol. The van der Waals surface area contributed by atoms with E-state index in [0.717, 1.165) is 5.92 Å². The summed E-state index contributed by atoms with van der Waals surface area (Å²) in [5.41, 5.74) is 8.08. The molecule has 170 valence electrons. The van der Waals surface area contributed by atoms with Gasteiger partial charge in [0.25, 0.3) is 0 Å². The van der Waals surface area contributed by atoms with Crippen LogP contribution in [0.15, 0.2) is 34.9 Å². The van der Waals surface area contributed by atoms with Crippen LogP contribution in [-0.4, -0.2) is 0 Å². The molecule has 30 heavy (non-hydrogen) atoms. The Morgan fingerprint density at radius 2 is 1.70 bits per heavy atom. The number of hydrogen-bond acceptors (Lipinski definition) is 0. The van der Waals surface area contributed by atoms with E-state index < -0.39 is 0 Å². The van der Waals surface area contributed by atoms with E-state index >= 15 is 0 Å². The molecule has 0 N–H and O–H groups in total. The zero-order chi connectivity index (χ0) is 22.2. The SMILES string of the molecule is C=C1CCCC(C)(C)[C@@H]1CC/C(C)=C/CCC1=C(C)CC[C@H]2C(C)(C)CCC[C@]12C. The lowest BCUT2D eigenvalue weighted by molar-refractivity contribution is 0.0105. The summed E-state index contributed by atoms with van der Waals surface area (Å²) in [6.45, 7) is 21.9. The van der Waals surface area contributed by atoms with Gasteiger partial charge >= 0.3 is 0 Å². The lowest BCUT2D eigenvalue weighted by atomic mass is 9.50. The van der Waals surface area contributed by atoms with Crippen molar-refractivity contribution in [3.05, 3.63) is 34.9 Å². The summed E-state index contributed by atoms with van der Waals surface area (Å²) in [6, 6.07) is 0. The summed E-state index contributed by atoms with van der Waals surface area (Å²) in [4.78, 5) is 0. The highest BCUT2D eigenvalue weighted by Gasteiger charge is 2.49. The number of rotatable bonds is 6. The molecule has 0 spiro atoms. The monoisotopic (exact) mass is 410 g/mol. The summed E-state index contributed by atoms with van der Waals surface area (Å²) in [5.74, 6) is 1.59. The minimum Gasteiger partial charge on any atom is -0.0996 e. The maximum absolute atomic E-state index is 4.43. The molecule has 0 nitrogen and oxygen atoms in total. The molecular weight excluding hydrogens is 360 g/mol. The van der Waals surface area contributed by atoms with Crippen molar-refractivity contribution < 1.29 is 0 Å². The molecule has 3 atom stereocenters. The molecule has 3 aliphatic rings. The Labute approximate surface area is 188 Å². The van der Waals surface area contributed by atoms with Crippen molar-refractivity contribution >= 4 is 0 Å². The van der Waals surface area contributed by atoms with Crippen LogP contribution in [0.1, 0.15) is 126 Å². The summed E-state index contributed by atoms with van der Waals surface area (Å²) < 4.78 is 0. The average Bonchev–Trinajstić information content (AvgIpc) is 2.62. The van der Waals surface area contributed by atoms with Gasteiger partial charge in [0.05, 0.1) is 0 Å². The van der Waals surface area contributed by atoms with Crippen molar-refractivity contribution in [1.29, 1.82) is 0 Å². The topological polar surface area (TPSA) is 0 Å². The van der Waals surface area contributed by atoms with Crippen LogP contribution in [-0.2, 0) is 0 Å². The molecule has 0 unspecified atom stereocenters. The zero-order valence-electron chi connectivity index (χ0n) is 21.4. The van der Waals surface area contributed by atoms with E-state index in [1.165, 1.54) is 82.6 Å². The quantitative estimate of drug-likeness (QED) is 0.382. The Bertz CT molecular complexity index is 698. The summed E-state index contributed by atoms with van der Waals surface area (Å²) in [5, 5.41) is 0.